The first-order valence-corrected chi connectivity index (χ1v) is 7.77. The van der Waals surface area contributed by atoms with E-state index in [0.29, 0.717) is 12.6 Å². The molecule has 1 fully saturated rings. The average Bonchev–Trinajstić information content (AvgIpc) is 2.90. The minimum Gasteiger partial charge on any atom is -0.388 e. The number of aliphatic hydroxyl groups is 1. The van der Waals surface area contributed by atoms with Crippen LogP contribution in [0.25, 0.3) is 0 Å². The molecule has 0 saturated heterocycles. The molecule has 5 heteroatoms. The molecule has 1 aliphatic rings. The number of hydrogen-bond donors (Lipinski definition) is 3. The van der Waals surface area contributed by atoms with Crippen LogP contribution in [0.4, 0.5) is 4.79 Å². The smallest absolute Gasteiger partial charge is 0.314 e. The summed E-state index contributed by atoms with van der Waals surface area (Å²) >= 11 is 0. The fraction of sp³-hybridized carbons (Fsp3) is 0.933. The summed E-state index contributed by atoms with van der Waals surface area (Å²) in [5, 5.41) is 15.6. The number of nitrogens with one attached hydrogen (secondary N) is 2. The van der Waals surface area contributed by atoms with Gasteiger partial charge < -0.3 is 20.6 Å². The summed E-state index contributed by atoms with van der Waals surface area (Å²) < 4.78 is 0. The summed E-state index contributed by atoms with van der Waals surface area (Å²) in [4.78, 5) is 14.0. The molecule has 0 aromatic rings. The second-order valence-electron chi connectivity index (χ2n) is 6.54. The van der Waals surface area contributed by atoms with Gasteiger partial charge in [-0.2, -0.15) is 0 Å². The Morgan fingerprint density at radius 1 is 1.35 bits per heavy atom. The molecule has 0 radical (unpaired) electrons. The Morgan fingerprint density at radius 3 is 2.50 bits per heavy atom. The molecule has 1 rings (SSSR count). The molecule has 118 valence electrons. The van der Waals surface area contributed by atoms with E-state index in [9.17, 15) is 9.90 Å². The molecule has 0 aromatic carbocycles. The lowest BCUT2D eigenvalue weighted by atomic mass is 9.93. The first-order chi connectivity index (χ1) is 9.33. The summed E-state index contributed by atoms with van der Waals surface area (Å²) in [6.07, 6.45) is 5.21. The molecular formula is C15H31N3O2. The zero-order chi connectivity index (χ0) is 15.2. The van der Waals surface area contributed by atoms with E-state index in [-0.39, 0.29) is 18.5 Å². The average molecular weight is 285 g/mol. The van der Waals surface area contributed by atoms with Gasteiger partial charge >= 0.3 is 6.03 Å². The number of rotatable bonds is 7. The number of carbonyl (C=O) groups is 1. The molecule has 3 N–H and O–H groups in total. The van der Waals surface area contributed by atoms with Gasteiger partial charge in [-0.15, -0.1) is 0 Å². The maximum atomic E-state index is 11.7. The summed E-state index contributed by atoms with van der Waals surface area (Å²) in [5.41, 5.74) is -0.863. The molecule has 5 nitrogen and oxygen atoms in total. The van der Waals surface area contributed by atoms with Crippen LogP contribution < -0.4 is 10.6 Å². The fourth-order valence-corrected chi connectivity index (χ4v) is 2.40. The molecule has 1 aliphatic carbocycles. The number of amides is 2. The minimum atomic E-state index is -0.863. The van der Waals surface area contributed by atoms with Crippen molar-refractivity contribution >= 4 is 6.03 Å². The standard InChI is InChI=1S/C15H31N3O2/c1-12(2)15(3,20)11-17-14(19)16-9-10-18(4)13-7-5-6-8-13/h12-13,20H,5-11H2,1-4H3,(H2,16,17,19). The van der Waals surface area contributed by atoms with E-state index in [1.165, 1.54) is 25.7 Å². The van der Waals surface area contributed by atoms with Gasteiger partial charge in [0, 0.05) is 25.7 Å². The highest BCUT2D eigenvalue weighted by molar-refractivity contribution is 5.73. The van der Waals surface area contributed by atoms with Crippen molar-refractivity contribution in [3.63, 3.8) is 0 Å². The highest BCUT2D eigenvalue weighted by Gasteiger charge is 2.25. The Labute approximate surface area is 123 Å². The Hall–Kier alpha value is -0.810. The summed E-state index contributed by atoms with van der Waals surface area (Å²) in [5.74, 6) is 0.108. The van der Waals surface area contributed by atoms with Crippen molar-refractivity contribution in [3.05, 3.63) is 0 Å². The zero-order valence-corrected chi connectivity index (χ0v) is 13.4. The minimum absolute atomic E-state index is 0.108. The van der Waals surface area contributed by atoms with Crippen LogP contribution in [0.2, 0.25) is 0 Å². The second kappa shape index (κ2) is 7.84. The van der Waals surface area contributed by atoms with E-state index in [4.69, 9.17) is 0 Å². The molecule has 0 heterocycles. The van der Waals surface area contributed by atoms with E-state index in [1.54, 1.807) is 6.92 Å². The van der Waals surface area contributed by atoms with Gasteiger partial charge in [-0.3, -0.25) is 0 Å². The molecule has 2 amide bonds. The molecule has 0 aromatic heterocycles. The maximum absolute atomic E-state index is 11.7. The van der Waals surface area contributed by atoms with Crippen LogP contribution in [-0.2, 0) is 0 Å². The van der Waals surface area contributed by atoms with Gasteiger partial charge in [0.25, 0.3) is 0 Å². The first kappa shape index (κ1) is 17.2. The highest BCUT2D eigenvalue weighted by atomic mass is 16.3. The summed E-state index contributed by atoms with van der Waals surface area (Å²) in [6.45, 7) is 7.41. The van der Waals surface area contributed by atoms with Crippen LogP contribution in [0.5, 0.6) is 0 Å². The van der Waals surface area contributed by atoms with E-state index in [2.05, 4.69) is 22.6 Å². The van der Waals surface area contributed by atoms with Gasteiger partial charge in [0.2, 0.25) is 0 Å². The van der Waals surface area contributed by atoms with Gasteiger partial charge in [-0.25, -0.2) is 4.79 Å². The Bertz CT molecular complexity index is 299. The molecule has 20 heavy (non-hydrogen) atoms. The van der Waals surface area contributed by atoms with E-state index < -0.39 is 5.60 Å². The van der Waals surface area contributed by atoms with Crippen LogP contribution in [0.15, 0.2) is 0 Å². The van der Waals surface area contributed by atoms with Crippen molar-refractivity contribution in [3.8, 4) is 0 Å². The number of urea groups is 1. The first-order valence-electron chi connectivity index (χ1n) is 7.77. The maximum Gasteiger partial charge on any atom is 0.314 e. The largest absolute Gasteiger partial charge is 0.388 e. The topological polar surface area (TPSA) is 64.6 Å². The summed E-state index contributed by atoms with van der Waals surface area (Å²) in [6, 6.07) is 0.479. The van der Waals surface area contributed by atoms with Crippen LogP contribution in [0.3, 0.4) is 0 Å². The lowest BCUT2D eigenvalue weighted by Gasteiger charge is -2.28. The van der Waals surface area contributed by atoms with Gasteiger partial charge in [-0.05, 0) is 32.7 Å². The highest BCUT2D eigenvalue weighted by Crippen LogP contribution is 2.21. The van der Waals surface area contributed by atoms with Crippen LogP contribution >= 0.6 is 0 Å². The molecular weight excluding hydrogens is 254 g/mol. The van der Waals surface area contributed by atoms with Crippen molar-refractivity contribution in [2.45, 2.75) is 58.1 Å². The monoisotopic (exact) mass is 285 g/mol. The molecule has 1 atom stereocenters. The quantitative estimate of drug-likeness (QED) is 0.665. The number of likely N-dealkylation sites (N-methyl/N-ethyl adjacent to an activating group) is 1. The molecule has 0 spiro atoms. The molecule has 1 unspecified atom stereocenters. The van der Waals surface area contributed by atoms with Crippen molar-refractivity contribution in [2.75, 3.05) is 26.7 Å². The van der Waals surface area contributed by atoms with Crippen LogP contribution in [-0.4, -0.2) is 54.4 Å². The SMILES string of the molecule is CC(C)C(C)(O)CNC(=O)NCCN(C)C1CCCC1. The van der Waals surface area contributed by atoms with E-state index in [0.717, 1.165) is 6.54 Å². The van der Waals surface area contributed by atoms with Crippen LogP contribution in [0, 0.1) is 5.92 Å². The Kier molecular flexibility index (Phi) is 6.76. The molecule has 0 bridgehead atoms. The predicted molar refractivity (Wildman–Crippen MR) is 81.7 cm³/mol. The van der Waals surface area contributed by atoms with Crippen molar-refractivity contribution in [1.29, 1.82) is 0 Å². The number of carbonyl (C=O) groups excluding carboxylic acids is 1. The Morgan fingerprint density at radius 2 is 1.95 bits per heavy atom. The third-order valence-electron chi connectivity index (χ3n) is 4.55. The van der Waals surface area contributed by atoms with Crippen molar-refractivity contribution < 1.29 is 9.90 Å². The van der Waals surface area contributed by atoms with Gasteiger partial charge in [0.15, 0.2) is 0 Å². The van der Waals surface area contributed by atoms with Crippen LogP contribution in [0.1, 0.15) is 46.5 Å². The lowest BCUT2D eigenvalue weighted by Crippen LogP contribution is -2.48. The van der Waals surface area contributed by atoms with Crippen molar-refractivity contribution in [1.82, 2.24) is 15.5 Å². The second-order valence-corrected chi connectivity index (χ2v) is 6.54. The fourth-order valence-electron chi connectivity index (χ4n) is 2.40. The van der Waals surface area contributed by atoms with Crippen molar-refractivity contribution in [2.24, 2.45) is 5.92 Å². The number of nitrogens with zero attached hydrogens (tertiary/aromatic N) is 1. The molecule has 1 saturated carbocycles. The van der Waals surface area contributed by atoms with Gasteiger partial charge in [0.05, 0.1) is 5.60 Å². The van der Waals surface area contributed by atoms with Gasteiger partial charge in [-0.1, -0.05) is 26.7 Å². The summed E-state index contributed by atoms with van der Waals surface area (Å²) in [7, 11) is 2.12. The predicted octanol–water partition coefficient (Wildman–Crippen LogP) is 1.57. The normalized spacial score (nSPS) is 19.4. The van der Waals surface area contributed by atoms with E-state index in [1.807, 2.05) is 13.8 Å². The Balaban J connectivity index is 2.13. The number of hydrogen-bond acceptors (Lipinski definition) is 3. The van der Waals surface area contributed by atoms with E-state index >= 15 is 0 Å². The molecule has 0 aliphatic heterocycles. The third kappa shape index (κ3) is 5.67. The lowest BCUT2D eigenvalue weighted by molar-refractivity contribution is 0.0166. The zero-order valence-electron chi connectivity index (χ0n) is 13.4. The third-order valence-corrected chi connectivity index (χ3v) is 4.55. The van der Waals surface area contributed by atoms with Gasteiger partial charge in [0.1, 0.15) is 0 Å².